The first kappa shape index (κ1) is 24.3. The molecule has 0 amide bonds. The lowest BCUT2D eigenvalue weighted by atomic mass is 10.2. The topological polar surface area (TPSA) is 63.2 Å². The standard InChI is InChI=1S/C19H38O6/c1-5-6-7-8-9-10-21-11-12-22-13-14-23-15-16-24-17-18(20)25-19(2,3)4/h5-17H2,1-4H3. The molecule has 0 aliphatic carbocycles. The highest BCUT2D eigenvalue weighted by atomic mass is 16.6. The molecule has 6 nitrogen and oxygen atoms in total. The minimum atomic E-state index is -0.479. The van der Waals surface area contributed by atoms with Crippen molar-refractivity contribution in [3.8, 4) is 0 Å². The van der Waals surface area contributed by atoms with Gasteiger partial charge in [-0.05, 0) is 27.2 Å². The Bertz CT molecular complexity index is 301. The van der Waals surface area contributed by atoms with Gasteiger partial charge in [-0.3, -0.25) is 0 Å². The molecule has 0 aromatic heterocycles. The minimum absolute atomic E-state index is 0.0487. The van der Waals surface area contributed by atoms with Crippen molar-refractivity contribution in [1.29, 1.82) is 0 Å². The lowest BCUT2D eigenvalue weighted by Crippen LogP contribution is -2.27. The Morgan fingerprint density at radius 3 is 1.68 bits per heavy atom. The normalized spacial score (nSPS) is 11.7. The molecule has 150 valence electrons. The van der Waals surface area contributed by atoms with E-state index in [1.54, 1.807) is 0 Å². The monoisotopic (exact) mass is 362 g/mol. The maximum absolute atomic E-state index is 11.4. The molecule has 0 unspecified atom stereocenters. The van der Waals surface area contributed by atoms with Crippen LogP contribution in [-0.4, -0.2) is 64.4 Å². The summed E-state index contributed by atoms with van der Waals surface area (Å²) in [6, 6.07) is 0. The molecule has 0 aliphatic heterocycles. The van der Waals surface area contributed by atoms with Gasteiger partial charge in [0.15, 0.2) is 0 Å². The zero-order chi connectivity index (χ0) is 18.8. The highest BCUT2D eigenvalue weighted by Crippen LogP contribution is 2.06. The van der Waals surface area contributed by atoms with E-state index in [9.17, 15) is 4.79 Å². The van der Waals surface area contributed by atoms with Crippen molar-refractivity contribution < 1.29 is 28.5 Å². The zero-order valence-electron chi connectivity index (χ0n) is 16.6. The van der Waals surface area contributed by atoms with Gasteiger partial charge in [0, 0.05) is 6.61 Å². The Kier molecular flexibility index (Phi) is 16.3. The number of esters is 1. The summed E-state index contributed by atoms with van der Waals surface area (Å²) in [6.07, 6.45) is 6.27. The molecular weight excluding hydrogens is 324 g/mol. The molecule has 0 bridgehead atoms. The van der Waals surface area contributed by atoms with E-state index < -0.39 is 5.60 Å². The smallest absolute Gasteiger partial charge is 0.332 e. The SMILES string of the molecule is CCCCCCCOCCOCCOCCOCC(=O)OC(C)(C)C. The number of rotatable bonds is 17. The van der Waals surface area contributed by atoms with Crippen LogP contribution in [0.2, 0.25) is 0 Å². The van der Waals surface area contributed by atoms with Crippen LogP contribution in [-0.2, 0) is 28.5 Å². The van der Waals surface area contributed by atoms with E-state index in [2.05, 4.69) is 6.92 Å². The van der Waals surface area contributed by atoms with Crippen LogP contribution < -0.4 is 0 Å². The van der Waals surface area contributed by atoms with Gasteiger partial charge in [-0.1, -0.05) is 32.6 Å². The Morgan fingerprint density at radius 2 is 1.16 bits per heavy atom. The summed E-state index contributed by atoms with van der Waals surface area (Å²) in [5, 5.41) is 0. The molecule has 0 radical (unpaired) electrons. The van der Waals surface area contributed by atoms with Crippen molar-refractivity contribution in [3.05, 3.63) is 0 Å². The summed E-state index contributed by atoms with van der Waals surface area (Å²) < 4.78 is 26.6. The summed E-state index contributed by atoms with van der Waals surface area (Å²) in [5.74, 6) is -0.360. The van der Waals surface area contributed by atoms with Crippen molar-refractivity contribution in [1.82, 2.24) is 0 Å². The van der Waals surface area contributed by atoms with Crippen molar-refractivity contribution in [2.24, 2.45) is 0 Å². The van der Waals surface area contributed by atoms with Crippen LogP contribution in [0.5, 0.6) is 0 Å². The van der Waals surface area contributed by atoms with Crippen molar-refractivity contribution >= 4 is 5.97 Å². The highest BCUT2D eigenvalue weighted by Gasteiger charge is 2.15. The van der Waals surface area contributed by atoms with Crippen molar-refractivity contribution in [2.75, 3.05) is 52.9 Å². The van der Waals surface area contributed by atoms with E-state index in [1.807, 2.05) is 20.8 Å². The molecule has 25 heavy (non-hydrogen) atoms. The first-order chi connectivity index (χ1) is 12.0. The molecule has 0 saturated carbocycles. The van der Waals surface area contributed by atoms with Gasteiger partial charge in [-0.15, -0.1) is 0 Å². The molecule has 0 aromatic carbocycles. The van der Waals surface area contributed by atoms with E-state index >= 15 is 0 Å². The molecule has 0 fully saturated rings. The highest BCUT2D eigenvalue weighted by molar-refractivity contribution is 5.71. The van der Waals surface area contributed by atoms with Crippen LogP contribution >= 0.6 is 0 Å². The average Bonchev–Trinajstić information content (AvgIpc) is 2.53. The fourth-order valence-corrected chi connectivity index (χ4v) is 1.99. The minimum Gasteiger partial charge on any atom is -0.458 e. The second kappa shape index (κ2) is 16.8. The second-order valence-electron chi connectivity index (χ2n) is 6.89. The number of carbonyl (C=O) groups is 1. The molecule has 0 atom stereocenters. The van der Waals surface area contributed by atoms with Crippen LogP contribution in [0.3, 0.4) is 0 Å². The third-order valence-electron chi connectivity index (χ3n) is 3.15. The number of hydrogen-bond acceptors (Lipinski definition) is 6. The third kappa shape index (κ3) is 21.3. The first-order valence-corrected chi connectivity index (χ1v) is 9.48. The number of hydrogen-bond donors (Lipinski definition) is 0. The molecule has 0 rings (SSSR count). The molecule has 0 aromatic rings. The fraction of sp³-hybridized carbons (Fsp3) is 0.947. The van der Waals surface area contributed by atoms with E-state index in [0.29, 0.717) is 39.6 Å². The van der Waals surface area contributed by atoms with Gasteiger partial charge in [-0.25, -0.2) is 4.79 Å². The maximum atomic E-state index is 11.4. The quantitative estimate of drug-likeness (QED) is 0.292. The lowest BCUT2D eigenvalue weighted by molar-refractivity contribution is -0.160. The van der Waals surface area contributed by atoms with Gasteiger partial charge in [0.25, 0.3) is 0 Å². The molecule has 6 heteroatoms. The van der Waals surface area contributed by atoms with Crippen molar-refractivity contribution in [3.63, 3.8) is 0 Å². The van der Waals surface area contributed by atoms with E-state index in [0.717, 1.165) is 13.0 Å². The molecular formula is C19H38O6. The van der Waals surface area contributed by atoms with Gasteiger partial charge < -0.3 is 23.7 Å². The van der Waals surface area contributed by atoms with Gasteiger partial charge in [0.05, 0.1) is 39.6 Å². The Morgan fingerprint density at radius 1 is 0.680 bits per heavy atom. The zero-order valence-corrected chi connectivity index (χ0v) is 16.6. The number of carbonyl (C=O) groups excluding carboxylic acids is 1. The first-order valence-electron chi connectivity index (χ1n) is 9.48. The average molecular weight is 363 g/mol. The Hall–Kier alpha value is -0.690. The predicted octanol–water partition coefficient (Wildman–Crippen LogP) is 3.36. The molecule has 0 N–H and O–H groups in total. The van der Waals surface area contributed by atoms with Gasteiger partial charge >= 0.3 is 5.97 Å². The van der Waals surface area contributed by atoms with E-state index in [-0.39, 0.29) is 12.6 Å². The Labute approximate surface area is 153 Å². The molecule has 0 heterocycles. The van der Waals surface area contributed by atoms with E-state index in [4.69, 9.17) is 23.7 Å². The lowest BCUT2D eigenvalue weighted by Gasteiger charge is -2.19. The van der Waals surface area contributed by atoms with E-state index in [1.165, 1.54) is 25.7 Å². The molecule has 0 aliphatic rings. The summed E-state index contributed by atoms with van der Waals surface area (Å²) in [4.78, 5) is 11.4. The van der Waals surface area contributed by atoms with Crippen LogP contribution in [0.25, 0.3) is 0 Å². The van der Waals surface area contributed by atoms with Crippen LogP contribution in [0, 0.1) is 0 Å². The predicted molar refractivity (Wildman–Crippen MR) is 97.9 cm³/mol. The van der Waals surface area contributed by atoms with Crippen LogP contribution in [0.15, 0.2) is 0 Å². The largest absolute Gasteiger partial charge is 0.458 e. The fourth-order valence-electron chi connectivity index (χ4n) is 1.99. The second-order valence-corrected chi connectivity index (χ2v) is 6.89. The van der Waals surface area contributed by atoms with Gasteiger partial charge in [0.2, 0.25) is 0 Å². The number of ether oxygens (including phenoxy) is 5. The van der Waals surface area contributed by atoms with Crippen molar-refractivity contribution in [2.45, 2.75) is 65.4 Å². The summed E-state index contributed by atoms with van der Waals surface area (Å²) in [5.41, 5.74) is -0.479. The Balaban J connectivity index is 3.13. The maximum Gasteiger partial charge on any atom is 0.332 e. The summed E-state index contributed by atoms with van der Waals surface area (Å²) in [7, 11) is 0. The van der Waals surface area contributed by atoms with Crippen LogP contribution in [0.1, 0.15) is 59.8 Å². The van der Waals surface area contributed by atoms with Gasteiger partial charge in [0.1, 0.15) is 12.2 Å². The molecule has 0 saturated heterocycles. The summed E-state index contributed by atoms with van der Waals surface area (Å²) >= 11 is 0. The number of unbranched alkanes of at least 4 members (excludes halogenated alkanes) is 4. The molecule has 0 spiro atoms. The third-order valence-corrected chi connectivity index (χ3v) is 3.15. The van der Waals surface area contributed by atoms with Gasteiger partial charge in [-0.2, -0.15) is 0 Å². The summed E-state index contributed by atoms with van der Waals surface area (Å²) in [6.45, 7) is 11.5. The van der Waals surface area contributed by atoms with Crippen LogP contribution in [0.4, 0.5) is 0 Å².